The predicted octanol–water partition coefficient (Wildman–Crippen LogP) is 5.88. The number of cyclic esters (lactones) is 1. The summed E-state index contributed by atoms with van der Waals surface area (Å²) >= 11 is 0. The highest BCUT2D eigenvalue weighted by molar-refractivity contribution is 5.76. The number of hydrogen-bond donors (Lipinski definition) is 0. The molecule has 154 valence electrons. The van der Waals surface area contributed by atoms with E-state index in [1.807, 2.05) is 4.90 Å². The van der Waals surface area contributed by atoms with Gasteiger partial charge in [-0.05, 0) is 39.5 Å². The highest BCUT2D eigenvalue weighted by atomic mass is 16.5. The number of hydrogen-bond acceptors (Lipinski definition) is 3. The molecule has 26 heavy (non-hydrogen) atoms. The van der Waals surface area contributed by atoms with Gasteiger partial charge < -0.3 is 9.64 Å². The lowest BCUT2D eigenvalue weighted by atomic mass is 10.1. The van der Waals surface area contributed by atoms with Crippen LogP contribution >= 0.6 is 0 Å². The Hall–Kier alpha value is -1.06. The van der Waals surface area contributed by atoms with E-state index in [0.29, 0.717) is 18.9 Å². The summed E-state index contributed by atoms with van der Waals surface area (Å²) in [5.41, 5.74) is 0. The molecule has 0 radical (unpaired) electrons. The standard InChI is InChI=1S/C16H33NO.C6H10O2/c1-4-7-8-9-10-11-12-13-14-15-16(18)17(5-2)6-3;7-6-4-2-1-3-5-8-6/h4-15H2,1-3H3;1-5H2. The molecule has 0 spiro atoms. The van der Waals surface area contributed by atoms with Crippen LogP contribution in [0.1, 0.15) is 111 Å². The van der Waals surface area contributed by atoms with Crippen molar-refractivity contribution in [3.8, 4) is 0 Å². The Balaban J connectivity index is 0.000000642. The molecule has 1 heterocycles. The molecule has 0 bridgehead atoms. The predicted molar refractivity (Wildman–Crippen MR) is 109 cm³/mol. The summed E-state index contributed by atoms with van der Waals surface area (Å²) < 4.78 is 4.76. The molecule has 0 aromatic carbocycles. The van der Waals surface area contributed by atoms with E-state index in [0.717, 1.165) is 45.2 Å². The molecule has 0 aliphatic carbocycles. The number of esters is 1. The molecule has 1 fully saturated rings. The van der Waals surface area contributed by atoms with Crippen LogP contribution in [0.15, 0.2) is 0 Å². The zero-order valence-corrected chi connectivity index (χ0v) is 17.7. The van der Waals surface area contributed by atoms with E-state index < -0.39 is 0 Å². The van der Waals surface area contributed by atoms with E-state index in [2.05, 4.69) is 20.8 Å². The lowest BCUT2D eigenvalue weighted by Crippen LogP contribution is -2.30. The van der Waals surface area contributed by atoms with E-state index in [1.165, 1.54) is 51.4 Å². The van der Waals surface area contributed by atoms with Crippen LogP contribution in [0, 0.1) is 0 Å². The highest BCUT2D eigenvalue weighted by Crippen LogP contribution is 2.11. The molecule has 0 N–H and O–H groups in total. The van der Waals surface area contributed by atoms with E-state index in [9.17, 15) is 9.59 Å². The Labute approximate surface area is 162 Å². The number of carbonyl (C=O) groups is 2. The number of rotatable bonds is 12. The number of ether oxygens (including phenoxy) is 1. The van der Waals surface area contributed by atoms with Crippen LogP contribution in [-0.2, 0) is 14.3 Å². The third kappa shape index (κ3) is 15.2. The molecule has 4 heteroatoms. The van der Waals surface area contributed by atoms with Gasteiger partial charge >= 0.3 is 5.97 Å². The van der Waals surface area contributed by atoms with Gasteiger partial charge in [-0.1, -0.05) is 58.3 Å². The lowest BCUT2D eigenvalue weighted by molar-refractivity contribution is -0.142. The summed E-state index contributed by atoms with van der Waals surface area (Å²) in [6, 6.07) is 0. The Morgan fingerprint density at radius 3 is 2.00 bits per heavy atom. The Morgan fingerprint density at radius 2 is 1.42 bits per heavy atom. The first-order chi connectivity index (χ1) is 12.7. The van der Waals surface area contributed by atoms with E-state index in [4.69, 9.17) is 4.74 Å². The van der Waals surface area contributed by atoms with Gasteiger partial charge in [0.1, 0.15) is 0 Å². The van der Waals surface area contributed by atoms with Crippen LogP contribution in [0.2, 0.25) is 0 Å². The number of carbonyl (C=O) groups excluding carboxylic acids is 2. The summed E-state index contributed by atoms with van der Waals surface area (Å²) in [5.74, 6) is 0.311. The quantitative estimate of drug-likeness (QED) is 0.319. The summed E-state index contributed by atoms with van der Waals surface area (Å²) in [6.07, 6.45) is 16.4. The number of nitrogens with zero attached hydrogens (tertiary/aromatic N) is 1. The van der Waals surface area contributed by atoms with Crippen molar-refractivity contribution in [2.45, 2.75) is 111 Å². The van der Waals surface area contributed by atoms with Gasteiger partial charge in [-0.2, -0.15) is 0 Å². The minimum atomic E-state index is -0.0255. The van der Waals surface area contributed by atoms with Crippen LogP contribution in [-0.4, -0.2) is 36.5 Å². The number of amides is 1. The van der Waals surface area contributed by atoms with Crippen molar-refractivity contribution in [2.75, 3.05) is 19.7 Å². The molecular formula is C22H43NO3. The van der Waals surface area contributed by atoms with Crippen molar-refractivity contribution >= 4 is 11.9 Å². The fraction of sp³-hybridized carbons (Fsp3) is 0.909. The minimum absolute atomic E-state index is 0.0255. The second kappa shape index (κ2) is 18.7. The third-order valence-corrected chi connectivity index (χ3v) is 4.90. The van der Waals surface area contributed by atoms with Gasteiger partial charge in [0.2, 0.25) is 5.91 Å². The van der Waals surface area contributed by atoms with Crippen molar-refractivity contribution in [1.82, 2.24) is 4.90 Å². The molecule has 0 atom stereocenters. The van der Waals surface area contributed by atoms with Gasteiger partial charge in [0.05, 0.1) is 6.61 Å². The molecule has 1 aliphatic heterocycles. The second-order valence-electron chi connectivity index (χ2n) is 7.18. The average molecular weight is 370 g/mol. The summed E-state index contributed by atoms with van der Waals surface area (Å²) in [6.45, 7) is 8.71. The molecular weight excluding hydrogens is 326 g/mol. The Kier molecular flexibility index (Phi) is 18.0. The smallest absolute Gasteiger partial charge is 0.305 e. The Morgan fingerprint density at radius 1 is 0.846 bits per heavy atom. The van der Waals surface area contributed by atoms with Crippen molar-refractivity contribution in [3.05, 3.63) is 0 Å². The summed E-state index contributed by atoms with van der Waals surface area (Å²) in [5, 5.41) is 0. The topological polar surface area (TPSA) is 46.6 Å². The van der Waals surface area contributed by atoms with Gasteiger partial charge in [0.15, 0.2) is 0 Å². The second-order valence-corrected chi connectivity index (χ2v) is 7.18. The fourth-order valence-electron chi connectivity index (χ4n) is 3.13. The molecule has 1 amide bonds. The van der Waals surface area contributed by atoms with Gasteiger partial charge in [-0.3, -0.25) is 9.59 Å². The van der Waals surface area contributed by atoms with Gasteiger partial charge in [-0.25, -0.2) is 0 Å². The van der Waals surface area contributed by atoms with Crippen molar-refractivity contribution in [1.29, 1.82) is 0 Å². The van der Waals surface area contributed by atoms with Crippen LogP contribution < -0.4 is 0 Å². The SMILES string of the molecule is CCCCCCCCCCCC(=O)N(CC)CC.O=C1CCCCCO1. The maximum Gasteiger partial charge on any atom is 0.305 e. The van der Waals surface area contributed by atoms with Crippen molar-refractivity contribution in [2.24, 2.45) is 0 Å². The normalized spacial score (nSPS) is 14.0. The van der Waals surface area contributed by atoms with Gasteiger partial charge in [0, 0.05) is 25.9 Å². The molecule has 1 rings (SSSR count). The zero-order chi connectivity index (χ0) is 19.5. The molecule has 0 aromatic heterocycles. The van der Waals surface area contributed by atoms with E-state index >= 15 is 0 Å². The molecule has 4 nitrogen and oxygen atoms in total. The van der Waals surface area contributed by atoms with Crippen LogP contribution in [0.4, 0.5) is 0 Å². The van der Waals surface area contributed by atoms with Crippen molar-refractivity contribution in [3.63, 3.8) is 0 Å². The van der Waals surface area contributed by atoms with E-state index in [-0.39, 0.29) is 5.97 Å². The largest absolute Gasteiger partial charge is 0.466 e. The van der Waals surface area contributed by atoms with Crippen LogP contribution in [0.3, 0.4) is 0 Å². The lowest BCUT2D eigenvalue weighted by Gasteiger charge is -2.18. The van der Waals surface area contributed by atoms with Gasteiger partial charge in [-0.15, -0.1) is 0 Å². The Bertz CT molecular complexity index is 330. The highest BCUT2D eigenvalue weighted by Gasteiger charge is 2.08. The third-order valence-electron chi connectivity index (χ3n) is 4.90. The maximum atomic E-state index is 11.7. The minimum Gasteiger partial charge on any atom is -0.466 e. The molecule has 0 aromatic rings. The fourth-order valence-corrected chi connectivity index (χ4v) is 3.13. The van der Waals surface area contributed by atoms with Crippen molar-refractivity contribution < 1.29 is 14.3 Å². The monoisotopic (exact) mass is 369 g/mol. The molecule has 0 saturated carbocycles. The summed E-state index contributed by atoms with van der Waals surface area (Å²) in [7, 11) is 0. The first kappa shape index (κ1) is 24.9. The summed E-state index contributed by atoms with van der Waals surface area (Å²) in [4.78, 5) is 24.1. The average Bonchev–Trinajstić information content (AvgIpc) is 2.89. The molecule has 1 saturated heterocycles. The first-order valence-corrected chi connectivity index (χ1v) is 11.1. The molecule has 0 unspecified atom stereocenters. The number of unbranched alkanes of at least 4 members (excludes halogenated alkanes) is 8. The van der Waals surface area contributed by atoms with Gasteiger partial charge in [0.25, 0.3) is 0 Å². The zero-order valence-electron chi connectivity index (χ0n) is 17.7. The molecule has 1 aliphatic rings. The van der Waals surface area contributed by atoms with Crippen LogP contribution in [0.25, 0.3) is 0 Å². The van der Waals surface area contributed by atoms with E-state index in [1.54, 1.807) is 0 Å². The van der Waals surface area contributed by atoms with Crippen LogP contribution in [0.5, 0.6) is 0 Å². The first-order valence-electron chi connectivity index (χ1n) is 11.1. The maximum absolute atomic E-state index is 11.7.